The maximum Gasteiger partial charge on any atom is 0.303 e. The van der Waals surface area contributed by atoms with Crippen molar-refractivity contribution in [3.8, 4) is 0 Å². The van der Waals surface area contributed by atoms with Gasteiger partial charge in [0, 0.05) is 24.2 Å². The summed E-state index contributed by atoms with van der Waals surface area (Å²) >= 11 is 1.50. The molecule has 1 amide bonds. The van der Waals surface area contributed by atoms with Gasteiger partial charge in [0.2, 0.25) is 0 Å². The maximum absolute atomic E-state index is 12.4. The Balaban J connectivity index is 1.74. The van der Waals surface area contributed by atoms with Crippen LogP contribution in [0.25, 0.3) is 10.1 Å². The second-order valence-electron chi connectivity index (χ2n) is 5.15. The molecule has 0 saturated carbocycles. The number of amides is 1. The molecule has 1 aliphatic heterocycles. The molecule has 0 spiro atoms. The molecule has 0 bridgehead atoms. The van der Waals surface area contributed by atoms with E-state index in [1.165, 1.54) is 11.3 Å². The summed E-state index contributed by atoms with van der Waals surface area (Å²) in [5.74, 6) is -0.670. The number of carbonyl (C=O) groups excluding carboxylic acids is 1. The molecule has 1 unspecified atom stereocenters. The summed E-state index contributed by atoms with van der Waals surface area (Å²) in [7, 11) is 0. The Bertz CT molecular complexity index is 631. The summed E-state index contributed by atoms with van der Waals surface area (Å²) in [5, 5.41) is 9.89. The van der Waals surface area contributed by atoms with Gasteiger partial charge in [-0.3, -0.25) is 9.59 Å². The molecule has 104 valence electrons. The summed E-state index contributed by atoms with van der Waals surface area (Å²) in [6.07, 6.45) is 0.930. The van der Waals surface area contributed by atoms with Crippen molar-refractivity contribution in [2.24, 2.45) is 5.92 Å². The minimum Gasteiger partial charge on any atom is -0.481 e. The average Bonchev–Trinajstić information content (AvgIpc) is 3.03. The van der Waals surface area contributed by atoms with Gasteiger partial charge >= 0.3 is 5.97 Å². The van der Waals surface area contributed by atoms with E-state index in [0.717, 1.165) is 21.4 Å². The van der Waals surface area contributed by atoms with E-state index in [4.69, 9.17) is 5.11 Å². The Hall–Kier alpha value is -1.88. The van der Waals surface area contributed by atoms with Crippen LogP contribution in [-0.4, -0.2) is 35.0 Å². The third kappa shape index (κ3) is 2.54. The van der Waals surface area contributed by atoms with Crippen molar-refractivity contribution in [3.63, 3.8) is 0 Å². The number of fused-ring (bicyclic) bond motifs is 1. The maximum atomic E-state index is 12.4. The number of thiophene rings is 1. The van der Waals surface area contributed by atoms with E-state index < -0.39 is 5.97 Å². The highest BCUT2D eigenvalue weighted by Crippen LogP contribution is 2.28. The average molecular weight is 289 g/mol. The van der Waals surface area contributed by atoms with Crippen LogP contribution in [0.4, 0.5) is 0 Å². The molecular weight excluding hydrogens is 274 g/mol. The van der Waals surface area contributed by atoms with E-state index in [-0.39, 0.29) is 18.2 Å². The fraction of sp³-hybridized carbons (Fsp3) is 0.333. The second-order valence-corrected chi connectivity index (χ2v) is 6.24. The molecule has 2 heterocycles. The lowest BCUT2D eigenvalue weighted by Gasteiger charge is -2.14. The molecule has 20 heavy (non-hydrogen) atoms. The number of carboxylic acids is 1. The first-order chi connectivity index (χ1) is 9.63. The topological polar surface area (TPSA) is 57.6 Å². The number of likely N-dealkylation sites (tertiary alicyclic amines) is 1. The minimum atomic E-state index is -0.786. The molecule has 1 saturated heterocycles. The van der Waals surface area contributed by atoms with E-state index in [9.17, 15) is 9.59 Å². The van der Waals surface area contributed by atoms with Gasteiger partial charge in [-0.25, -0.2) is 0 Å². The summed E-state index contributed by atoms with van der Waals surface area (Å²) in [4.78, 5) is 25.7. The van der Waals surface area contributed by atoms with Crippen molar-refractivity contribution in [1.82, 2.24) is 4.90 Å². The number of hydrogen-bond acceptors (Lipinski definition) is 3. The quantitative estimate of drug-likeness (QED) is 0.945. The van der Waals surface area contributed by atoms with Gasteiger partial charge in [-0.1, -0.05) is 18.2 Å². The lowest BCUT2D eigenvalue weighted by atomic mass is 10.1. The van der Waals surface area contributed by atoms with E-state index in [1.807, 2.05) is 30.3 Å². The van der Waals surface area contributed by atoms with Crippen LogP contribution >= 0.6 is 11.3 Å². The minimum absolute atomic E-state index is 0.0269. The van der Waals surface area contributed by atoms with Crippen LogP contribution in [0.5, 0.6) is 0 Å². The first-order valence-electron chi connectivity index (χ1n) is 6.63. The number of hydrogen-bond donors (Lipinski definition) is 1. The molecule has 1 fully saturated rings. The number of benzene rings is 1. The van der Waals surface area contributed by atoms with Crippen molar-refractivity contribution in [2.45, 2.75) is 12.8 Å². The smallest absolute Gasteiger partial charge is 0.303 e. The van der Waals surface area contributed by atoms with Crippen molar-refractivity contribution >= 4 is 33.3 Å². The predicted octanol–water partition coefficient (Wildman–Crippen LogP) is 2.84. The highest BCUT2D eigenvalue weighted by Gasteiger charge is 2.29. The number of nitrogens with zero attached hydrogens (tertiary/aromatic N) is 1. The Morgan fingerprint density at radius 3 is 2.90 bits per heavy atom. The monoisotopic (exact) mass is 289 g/mol. The van der Waals surface area contributed by atoms with Crippen molar-refractivity contribution in [3.05, 3.63) is 35.2 Å². The Morgan fingerprint density at radius 1 is 1.35 bits per heavy atom. The highest BCUT2D eigenvalue weighted by atomic mass is 32.1. The van der Waals surface area contributed by atoms with Gasteiger partial charge < -0.3 is 10.0 Å². The third-order valence-electron chi connectivity index (χ3n) is 3.67. The summed E-state index contributed by atoms with van der Waals surface area (Å²) in [6, 6.07) is 9.86. The molecule has 1 aromatic carbocycles. The molecule has 3 rings (SSSR count). The van der Waals surface area contributed by atoms with Crippen LogP contribution in [0.1, 0.15) is 22.5 Å². The van der Waals surface area contributed by atoms with Crippen LogP contribution in [-0.2, 0) is 4.79 Å². The van der Waals surface area contributed by atoms with Gasteiger partial charge in [-0.2, -0.15) is 0 Å². The Morgan fingerprint density at radius 2 is 2.15 bits per heavy atom. The number of carbonyl (C=O) groups is 2. The molecule has 1 atom stereocenters. The highest BCUT2D eigenvalue weighted by molar-refractivity contribution is 7.20. The first kappa shape index (κ1) is 13.1. The molecule has 2 aromatic rings. The molecule has 1 aliphatic rings. The summed E-state index contributed by atoms with van der Waals surface area (Å²) in [6.45, 7) is 1.21. The van der Waals surface area contributed by atoms with Gasteiger partial charge in [-0.05, 0) is 29.9 Å². The van der Waals surface area contributed by atoms with Crippen LogP contribution < -0.4 is 0 Å². The predicted molar refractivity (Wildman–Crippen MR) is 78.1 cm³/mol. The first-order valence-corrected chi connectivity index (χ1v) is 7.45. The molecule has 1 N–H and O–H groups in total. The van der Waals surface area contributed by atoms with Gasteiger partial charge in [0.1, 0.15) is 0 Å². The van der Waals surface area contributed by atoms with Crippen LogP contribution in [0.15, 0.2) is 30.3 Å². The molecular formula is C15H15NO3S. The fourth-order valence-corrected chi connectivity index (χ4v) is 3.70. The van der Waals surface area contributed by atoms with Gasteiger partial charge in [0.05, 0.1) is 4.88 Å². The number of rotatable bonds is 3. The van der Waals surface area contributed by atoms with Crippen LogP contribution in [0, 0.1) is 5.92 Å². The zero-order valence-electron chi connectivity index (χ0n) is 10.9. The van der Waals surface area contributed by atoms with Gasteiger partial charge in [0.15, 0.2) is 0 Å². The molecule has 0 aliphatic carbocycles. The summed E-state index contributed by atoms with van der Waals surface area (Å²) < 4.78 is 1.11. The van der Waals surface area contributed by atoms with E-state index in [0.29, 0.717) is 13.1 Å². The van der Waals surface area contributed by atoms with Crippen molar-refractivity contribution < 1.29 is 14.7 Å². The normalized spacial score (nSPS) is 18.6. The number of aliphatic carboxylic acids is 1. The largest absolute Gasteiger partial charge is 0.481 e. The van der Waals surface area contributed by atoms with Crippen LogP contribution in [0.2, 0.25) is 0 Å². The van der Waals surface area contributed by atoms with Gasteiger partial charge in [-0.15, -0.1) is 11.3 Å². The van der Waals surface area contributed by atoms with E-state index in [2.05, 4.69) is 0 Å². The van der Waals surface area contributed by atoms with E-state index >= 15 is 0 Å². The molecule has 1 aromatic heterocycles. The standard InChI is InChI=1S/C15H15NO3S/c17-14(18)7-10-5-6-16(9-10)15(19)13-8-11-3-1-2-4-12(11)20-13/h1-4,8,10H,5-7,9H2,(H,17,18). The number of carboxylic acid groups (broad SMARTS) is 1. The molecule has 0 radical (unpaired) electrons. The second kappa shape index (κ2) is 5.25. The Kier molecular flexibility index (Phi) is 3.44. The van der Waals surface area contributed by atoms with E-state index in [1.54, 1.807) is 4.90 Å². The van der Waals surface area contributed by atoms with Gasteiger partial charge in [0.25, 0.3) is 5.91 Å². The van der Waals surface area contributed by atoms with Crippen molar-refractivity contribution in [1.29, 1.82) is 0 Å². The lowest BCUT2D eigenvalue weighted by molar-refractivity contribution is -0.138. The Labute approximate surface area is 120 Å². The zero-order valence-corrected chi connectivity index (χ0v) is 11.7. The SMILES string of the molecule is O=C(O)CC1CCN(C(=O)c2cc3ccccc3s2)C1. The van der Waals surface area contributed by atoms with Crippen molar-refractivity contribution in [2.75, 3.05) is 13.1 Å². The zero-order chi connectivity index (χ0) is 14.1. The summed E-state index contributed by atoms with van der Waals surface area (Å²) in [5.41, 5.74) is 0. The molecule has 5 heteroatoms. The third-order valence-corrected chi connectivity index (χ3v) is 4.78. The lowest BCUT2D eigenvalue weighted by Crippen LogP contribution is -2.28. The van der Waals surface area contributed by atoms with Crippen LogP contribution in [0.3, 0.4) is 0 Å². The fourth-order valence-electron chi connectivity index (χ4n) is 2.67. The molecule has 4 nitrogen and oxygen atoms in total.